The summed E-state index contributed by atoms with van der Waals surface area (Å²) in [6, 6.07) is 6.13. The summed E-state index contributed by atoms with van der Waals surface area (Å²) >= 11 is 0. The van der Waals surface area contributed by atoms with Gasteiger partial charge in [0.1, 0.15) is 5.75 Å². The standard InChI is InChI=1S/C22H20F3N3O3/c1-12-8-26-19(29)17-14(10-27(2)18(12)17)20(30)28-9-13-7-21(13,11-28)15-5-3-4-6-16(15)31-22(23,24)25/h3-6,8,10,13H,7,9,11H2,1-2H3,(H,26,29). The second-order valence-electron chi connectivity index (χ2n) is 8.46. The van der Waals surface area contributed by atoms with Gasteiger partial charge in [0.15, 0.2) is 0 Å². The van der Waals surface area contributed by atoms with Crippen molar-refractivity contribution in [2.24, 2.45) is 13.0 Å². The number of likely N-dealkylation sites (tertiary alicyclic amines) is 1. The van der Waals surface area contributed by atoms with Crippen molar-refractivity contribution in [1.29, 1.82) is 0 Å². The fraction of sp³-hybridized carbons (Fsp3) is 0.364. The molecular weight excluding hydrogens is 411 g/mol. The summed E-state index contributed by atoms with van der Waals surface area (Å²) in [5.41, 5.74) is 1.42. The Hall–Kier alpha value is -3.23. The number of hydrogen-bond acceptors (Lipinski definition) is 3. The molecule has 6 nitrogen and oxygen atoms in total. The summed E-state index contributed by atoms with van der Waals surface area (Å²) in [6.45, 7) is 2.57. The number of para-hydroxylation sites is 1. The van der Waals surface area contributed by atoms with Crippen molar-refractivity contribution < 1.29 is 22.7 Å². The SMILES string of the molecule is Cc1c[nH]c(=O)c2c(C(=O)N3CC4CC4(c4ccccc4OC(F)(F)F)C3)cn(C)c12. The number of aromatic amines is 1. The monoisotopic (exact) mass is 431 g/mol. The molecule has 1 aromatic carbocycles. The molecule has 9 heteroatoms. The average Bonchev–Trinajstić information content (AvgIpc) is 3.07. The van der Waals surface area contributed by atoms with E-state index in [4.69, 9.17) is 0 Å². The van der Waals surface area contributed by atoms with E-state index in [2.05, 4.69) is 9.72 Å². The highest BCUT2D eigenvalue weighted by molar-refractivity contribution is 6.07. The first-order valence-corrected chi connectivity index (χ1v) is 9.92. The van der Waals surface area contributed by atoms with Crippen molar-refractivity contribution in [1.82, 2.24) is 14.5 Å². The van der Waals surface area contributed by atoms with Crippen molar-refractivity contribution in [3.05, 3.63) is 63.7 Å². The zero-order chi connectivity index (χ0) is 22.1. The Labute approximate surface area is 175 Å². The Morgan fingerprint density at radius 2 is 2.03 bits per heavy atom. The van der Waals surface area contributed by atoms with Crippen LogP contribution in [0.15, 0.2) is 41.5 Å². The van der Waals surface area contributed by atoms with E-state index in [1.807, 2.05) is 6.92 Å². The van der Waals surface area contributed by atoms with E-state index in [1.165, 1.54) is 12.1 Å². The highest BCUT2D eigenvalue weighted by Crippen LogP contribution is 2.61. The van der Waals surface area contributed by atoms with Crippen LogP contribution in [0.3, 0.4) is 0 Å². The molecule has 162 valence electrons. The molecule has 2 atom stereocenters. The first-order valence-electron chi connectivity index (χ1n) is 9.92. The summed E-state index contributed by atoms with van der Waals surface area (Å²) in [4.78, 5) is 30.1. The normalized spacial score (nSPS) is 22.6. The van der Waals surface area contributed by atoms with E-state index < -0.39 is 11.8 Å². The summed E-state index contributed by atoms with van der Waals surface area (Å²) in [5.74, 6) is -0.448. The molecule has 5 rings (SSSR count). The number of ether oxygens (including phenoxy) is 1. The third kappa shape index (κ3) is 3.02. The molecule has 3 heterocycles. The van der Waals surface area contributed by atoms with Crippen LogP contribution in [-0.4, -0.2) is 39.8 Å². The molecule has 0 spiro atoms. The first kappa shape index (κ1) is 19.7. The lowest BCUT2D eigenvalue weighted by molar-refractivity contribution is -0.275. The molecular formula is C22H20F3N3O3. The molecule has 0 radical (unpaired) electrons. The van der Waals surface area contributed by atoms with Gasteiger partial charge in [0.2, 0.25) is 0 Å². The smallest absolute Gasteiger partial charge is 0.405 e. The number of hydrogen-bond donors (Lipinski definition) is 1. The highest BCUT2D eigenvalue weighted by Gasteiger charge is 2.63. The number of rotatable bonds is 3. The number of aryl methyl sites for hydroxylation is 2. The Balaban J connectivity index is 1.48. The van der Waals surface area contributed by atoms with Crippen LogP contribution in [0.5, 0.6) is 5.75 Å². The number of pyridine rings is 1. The van der Waals surface area contributed by atoms with Crippen LogP contribution < -0.4 is 10.3 Å². The van der Waals surface area contributed by atoms with Gasteiger partial charge in [0, 0.05) is 43.5 Å². The summed E-state index contributed by atoms with van der Waals surface area (Å²) < 4.78 is 44.6. The van der Waals surface area contributed by atoms with Crippen LogP contribution >= 0.6 is 0 Å². The number of halogens is 3. The number of nitrogens with zero attached hydrogens (tertiary/aromatic N) is 2. The van der Waals surface area contributed by atoms with Crippen molar-refractivity contribution in [3.8, 4) is 5.75 Å². The van der Waals surface area contributed by atoms with E-state index in [1.54, 1.807) is 41.0 Å². The number of nitrogens with one attached hydrogen (secondary N) is 1. The minimum atomic E-state index is -4.78. The fourth-order valence-electron chi connectivity index (χ4n) is 5.12. The minimum Gasteiger partial charge on any atom is -0.405 e. The van der Waals surface area contributed by atoms with Crippen LogP contribution in [0.4, 0.5) is 13.2 Å². The molecule has 1 saturated carbocycles. The maximum absolute atomic E-state index is 13.3. The van der Waals surface area contributed by atoms with Gasteiger partial charge in [-0.3, -0.25) is 9.59 Å². The van der Waals surface area contributed by atoms with Gasteiger partial charge in [0.25, 0.3) is 11.5 Å². The third-order valence-corrected chi connectivity index (χ3v) is 6.51. The molecule has 2 aromatic heterocycles. The zero-order valence-corrected chi connectivity index (χ0v) is 16.9. The number of piperidine rings is 1. The van der Waals surface area contributed by atoms with Gasteiger partial charge in [-0.15, -0.1) is 13.2 Å². The number of aromatic nitrogens is 2. The van der Waals surface area contributed by atoms with Crippen molar-refractivity contribution in [3.63, 3.8) is 0 Å². The third-order valence-electron chi connectivity index (χ3n) is 6.51. The largest absolute Gasteiger partial charge is 0.573 e. The quantitative estimate of drug-likeness (QED) is 0.691. The van der Waals surface area contributed by atoms with Gasteiger partial charge in [-0.05, 0) is 30.9 Å². The van der Waals surface area contributed by atoms with Gasteiger partial charge >= 0.3 is 6.36 Å². The minimum absolute atomic E-state index is 0.0597. The molecule has 1 saturated heterocycles. The van der Waals surface area contributed by atoms with E-state index in [-0.39, 0.29) is 29.7 Å². The van der Waals surface area contributed by atoms with Gasteiger partial charge in [-0.25, -0.2) is 0 Å². The Morgan fingerprint density at radius 3 is 2.77 bits per heavy atom. The van der Waals surface area contributed by atoms with E-state index in [9.17, 15) is 22.8 Å². The number of alkyl halides is 3. The molecule has 1 aliphatic heterocycles. The molecule has 2 fully saturated rings. The number of carbonyl (C=O) groups excluding carboxylic acids is 1. The van der Waals surface area contributed by atoms with Crippen molar-refractivity contribution in [2.75, 3.05) is 13.1 Å². The average molecular weight is 431 g/mol. The number of fused-ring (bicyclic) bond motifs is 2. The first-order chi connectivity index (χ1) is 14.6. The topological polar surface area (TPSA) is 67.3 Å². The lowest BCUT2D eigenvalue weighted by atomic mass is 9.94. The molecule has 1 N–H and O–H groups in total. The highest BCUT2D eigenvalue weighted by atomic mass is 19.4. The van der Waals surface area contributed by atoms with Gasteiger partial charge in [-0.2, -0.15) is 0 Å². The summed E-state index contributed by atoms with van der Waals surface area (Å²) in [7, 11) is 1.78. The van der Waals surface area contributed by atoms with Crippen LogP contribution in [0, 0.1) is 12.8 Å². The second-order valence-corrected chi connectivity index (χ2v) is 8.46. The zero-order valence-electron chi connectivity index (χ0n) is 16.9. The fourth-order valence-corrected chi connectivity index (χ4v) is 5.12. The van der Waals surface area contributed by atoms with E-state index >= 15 is 0 Å². The number of carbonyl (C=O) groups is 1. The molecule has 1 amide bonds. The predicted octanol–water partition coefficient (Wildman–Crippen LogP) is 3.49. The molecule has 2 aliphatic rings. The van der Waals surface area contributed by atoms with E-state index in [0.717, 1.165) is 5.56 Å². The molecule has 2 unspecified atom stereocenters. The van der Waals surface area contributed by atoms with Crippen molar-refractivity contribution >= 4 is 16.8 Å². The van der Waals surface area contributed by atoms with Gasteiger partial charge in [-0.1, -0.05) is 18.2 Å². The summed E-state index contributed by atoms with van der Waals surface area (Å²) in [6.07, 6.45) is -0.833. The van der Waals surface area contributed by atoms with Crippen LogP contribution in [0.1, 0.15) is 27.9 Å². The maximum atomic E-state index is 13.3. The number of benzene rings is 1. The lowest BCUT2D eigenvalue weighted by Crippen LogP contribution is -2.33. The maximum Gasteiger partial charge on any atom is 0.573 e. The second kappa shape index (κ2) is 6.38. The van der Waals surface area contributed by atoms with E-state index in [0.29, 0.717) is 35.0 Å². The predicted molar refractivity (Wildman–Crippen MR) is 107 cm³/mol. The number of H-pyrrole nitrogens is 1. The van der Waals surface area contributed by atoms with Crippen LogP contribution in [0.2, 0.25) is 0 Å². The van der Waals surface area contributed by atoms with Crippen molar-refractivity contribution in [2.45, 2.75) is 25.1 Å². The Kier molecular flexibility index (Phi) is 4.06. The molecule has 3 aromatic rings. The molecule has 1 aliphatic carbocycles. The Bertz CT molecular complexity index is 1280. The van der Waals surface area contributed by atoms with Gasteiger partial charge < -0.3 is 19.2 Å². The van der Waals surface area contributed by atoms with Crippen LogP contribution in [-0.2, 0) is 12.5 Å². The molecule has 0 bridgehead atoms. The molecule has 31 heavy (non-hydrogen) atoms. The van der Waals surface area contributed by atoms with Gasteiger partial charge in [0.05, 0.1) is 16.5 Å². The Morgan fingerprint density at radius 1 is 1.29 bits per heavy atom. The lowest BCUT2D eigenvalue weighted by Gasteiger charge is -2.23. The van der Waals surface area contributed by atoms with Crippen LogP contribution in [0.25, 0.3) is 10.9 Å². The number of amides is 1. The summed E-state index contributed by atoms with van der Waals surface area (Å²) in [5, 5.41) is 0.336.